The molecule has 0 saturated heterocycles. The van der Waals surface area contributed by atoms with Gasteiger partial charge in [0.1, 0.15) is 6.42 Å². The van der Waals surface area contributed by atoms with Crippen LogP contribution < -0.4 is 10.6 Å². The molecule has 0 radical (unpaired) electrons. The Hall–Kier alpha value is -1.26. The third kappa shape index (κ3) is 5.21. The molecule has 6 heteroatoms. The van der Waals surface area contributed by atoms with Gasteiger partial charge in [-0.05, 0) is 31.0 Å². The molecule has 1 saturated carbocycles. The van der Waals surface area contributed by atoms with Gasteiger partial charge in [0.25, 0.3) is 0 Å². The molecular weight excluding hydrogens is 311 g/mol. The zero-order valence-electron chi connectivity index (χ0n) is 11.6. The van der Waals surface area contributed by atoms with Crippen molar-refractivity contribution in [2.75, 3.05) is 5.32 Å². The summed E-state index contributed by atoms with van der Waals surface area (Å²) in [5.41, 5.74) is 0.416. The van der Waals surface area contributed by atoms with Gasteiger partial charge in [0, 0.05) is 11.1 Å². The van der Waals surface area contributed by atoms with Gasteiger partial charge in [-0.1, -0.05) is 42.5 Å². The highest BCUT2D eigenvalue weighted by Gasteiger charge is 2.18. The Morgan fingerprint density at radius 3 is 2.52 bits per heavy atom. The standard InChI is InChI=1S/C15H18Cl2N2O2/c16-10-6-7-12(17)13(8-10)19-15(21)9-14(20)18-11-4-2-1-3-5-11/h6-8,11H,1-5,9H2,(H,18,20)(H,19,21). The number of hydrogen-bond donors (Lipinski definition) is 2. The van der Waals surface area contributed by atoms with Crippen LogP contribution in [0.4, 0.5) is 5.69 Å². The highest BCUT2D eigenvalue weighted by molar-refractivity contribution is 6.35. The zero-order valence-corrected chi connectivity index (χ0v) is 13.1. The van der Waals surface area contributed by atoms with Gasteiger partial charge in [-0.2, -0.15) is 0 Å². The summed E-state index contributed by atoms with van der Waals surface area (Å²) >= 11 is 11.8. The monoisotopic (exact) mass is 328 g/mol. The van der Waals surface area contributed by atoms with Gasteiger partial charge in [0.05, 0.1) is 10.7 Å². The molecule has 0 bridgehead atoms. The highest BCUT2D eigenvalue weighted by Crippen LogP contribution is 2.25. The summed E-state index contributed by atoms with van der Waals surface area (Å²) in [6.07, 6.45) is 5.27. The first-order valence-corrected chi connectivity index (χ1v) is 7.84. The molecular formula is C15H18Cl2N2O2. The molecule has 1 aromatic rings. The molecule has 2 N–H and O–H groups in total. The first-order valence-electron chi connectivity index (χ1n) is 7.09. The number of halogens is 2. The summed E-state index contributed by atoms with van der Waals surface area (Å²) in [4.78, 5) is 23.7. The van der Waals surface area contributed by atoms with E-state index in [0.29, 0.717) is 15.7 Å². The molecule has 0 aromatic heterocycles. The van der Waals surface area contributed by atoms with Gasteiger partial charge in [-0.25, -0.2) is 0 Å². The van der Waals surface area contributed by atoms with Crippen molar-refractivity contribution in [2.24, 2.45) is 0 Å². The molecule has 114 valence electrons. The van der Waals surface area contributed by atoms with Gasteiger partial charge in [-0.3, -0.25) is 9.59 Å². The minimum atomic E-state index is -0.396. The van der Waals surface area contributed by atoms with E-state index in [-0.39, 0.29) is 18.4 Å². The number of rotatable bonds is 4. The lowest BCUT2D eigenvalue weighted by Gasteiger charge is -2.22. The fourth-order valence-electron chi connectivity index (χ4n) is 2.46. The molecule has 0 atom stereocenters. The van der Waals surface area contributed by atoms with E-state index >= 15 is 0 Å². The Balaban J connectivity index is 1.83. The van der Waals surface area contributed by atoms with Crippen molar-refractivity contribution in [3.05, 3.63) is 28.2 Å². The molecule has 1 fully saturated rings. The average molecular weight is 329 g/mol. The summed E-state index contributed by atoms with van der Waals surface area (Å²) in [6, 6.07) is 4.99. The van der Waals surface area contributed by atoms with Crippen LogP contribution in [-0.4, -0.2) is 17.9 Å². The maximum absolute atomic E-state index is 11.9. The van der Waals surface area contributed by atoms with E-state index in [2.05, 4.69) is 10.6 Å². The van der Waals surface area contributed by atoms with E-state index in [1.54, 1.807) is 18.2 Å². The van der Waals surface area contributed by atoms with E-state index in [4.69, 9.17) is 23.2 Å². The smallest absolute Gasteiger partial charge is 0.233 e. The molecule has 21 heavy (non-hydrogen) atoms. The minimum Gasteiger partial charge on any atom is -0.353 e. The van der Waals surface area contributed by atoms with E-state index < -0.39 is 5.91 Å². The van der Waals surface area contributed by atoms with Crippen molar-refractivity contribution >= 4 is 40.7 Å². The molecule has 0 heterocycles. The van der Waals surface area contributed by atoms with E-state index in [1.807, 2.05) is 0 Å². The average Bonchev–Trinajstić information content (AvgIpc) is 2.43. The Morgan fingerprint density at radius 2 is 1.81 bits per heavy atom. The predicted molar refractivity (Wildman–Crippen MR) is 84.7 cm³/mol. The molecule has 4 nitrogen and oxygen atoms in total. The second-order valence-electron chi connectivity index (χ2n) is 5.25. The van der Waals surface area contributed by atoms with E-state index in [1.165, 1.54) is 6.42 Å². The Bertz CT molecular complexity index is 528. The number of carbonyl (C=O) groups is 2. The van der Waals surface area contributed by atoms with Crippen molar-refractivity contribution in [2.45, 2.75) is 44.6 Å². The molecule has 2 amide bonds. The van der Waals surface area contributed by atoms with Gasteiger partial charge in [-0.15, -0.1) is 0 Å². The van der Waals surface area contributed by atoms with Crippen LogP contribution in [0.1, 0.15) is 38.5 Å². The SMILES string of the molecule is O=C(CC(=O)NC1CCCCC1)Nc1cc(Cl)ccc1Cl. The summed E-state index contributed by atoms with van der Waals surface area (Å²) in [6.45, 7) is 0. The Labute approximate surface area is 134 Å². The van der Waals surface area contributed by atoms with E-state index in [9.17, 15) is 9.59 Å². The van der Waals surface area contributed by atoms with Crippen LogP contribution in [0.5, 0.6) is 0 Å². The van der Waals surface area contributed by atoms with Crippen molar-refractivity contribution in [3.8, 4) is 0 Å². The van der Waals surface area contributed by atoms with Crippen LogP contribution in [-0.2, 0) is 9.59 Å². The fourth-order valence-corrected chi connectivity index (χ4v) is 2.80. The zero-order chi connectivity index (χ0) is 15.2. The van der Waals surface area contributed by atoms with Crippen LogP contribution in [0.2, 0.25) is 10.0 Å². The van der Waals surface area contributed by atoms with Crippen molar-refractivity contribution in [3.63, 3.8) is 0 Å². The highest BCUT2D eigenvalue weighted by atomic mass is 35.5. The van der Waals surface area contributed by atoms with Gasteiger partial charge < -0.3 is 10.6 Å². The maximum Gasteiger partial charge on any atom is 0.233 e. The number of benzene rings is 1. The van der Waals surface area contributed by atoms with Crippen molar-refractivity contribution in [1.29, 1.82) is 0 Å². The first kappa shape index (κ1) is 16.1. The molecule has 0 spiro atoms. The Morgan fingerprint density at radius 1 is 1.10 bits per heavy atom. The molecule has 1 aliphatic rings. The first-order chi connectivity index (χ1) is 10.0. The number of hydrogen-bond acceptors (Lipinski definition) is 2. The molecule has 2 rings (SSSR count). The normalized spacial score (nSPS) is 15.5. The maximum atomic E-state index is 11.9. The van der Waals surface area contributed by atoms with E-state index in [0.717, 1.165) is 25.7 Å². The van der Waals surface area contributed by atoms with Crippen LogP contribution in [0, 0.1) is 0 Å². The summed E-state index contributed by atoms with van der Waals surface area (Å²) in [5, 5.41) is 6.37. The minimum absolute atomic E-state index is 0.203. The van der Waals surface area contributed by atoms with Gasteiger partial charge >= 0.3 is 0 Å². The second-order valence-corrected chi connectivity index (χ2v) is 6.10. The number of anilines is 1. The molecule has 0 aliphatic heterocycles. The third-order valence-electron chi connectivity index (χ3n) is 3.49. The van der Waals surface area contributed by atoms with Crippen molar-refractivity contribution in [1.82, 2.24) is 5.32 Å². The number of amides is 2. The van der Waals surface area contributed by atoms with Gasteiger partial charge in [0.15, 0.2) is 0 Å². The molecule has 0 unspecified atom stereocenters. The summed E-state index contributed by atoms with van der Waals surface area (Å²) in [5.74, 6) is -0.648. The Kier molecular flexibility index (Phi) is 5.88. The van der Waals surface area contributed by atoms with Crippen LogP contribution in [0.3, 0.4) is 0 Å². The third-order valence-corrected chi connectivity index (χ3v) is 4.06. The van der Waals surface area contributed by atoms with Gasteiger partial charge in [0.2, 0.25) is 11.8 Å². The summed E-state index contributed by atoms with van der Waals surface area (Å²) in [7, 11) is 0. The van der Waals surface area contributed by atoms with Crippen LogP contribution in [0.25, 0.3) is 0 Å². The topological polar surface area (TPSA) is 58.2 Å². The van der Waals surface area contributed by atoms with Crippen LogP contribution >= 0.6 is 23.2 Å². The molecule has 1 aromatic carbocycles. The van der Waals surface area contributed by atoms with Crippen molar-refractivity contribution < 1.29 is 9.59 Å². The second kappa shape index (κ2) is 7.66. The predicted octanol–water partition coefficient (Wildman–Crippen LogP) is 3.77. The lowest BCUT2D eigenvalue weighted by molar-refractivity contribution is -0.127. The lowest BCUT2D eigenvalue weighted by Crippen LogP contribution is -2.37. The lowest BCUT2D eigenvalue weighted by atomic mass is 9.95. The quantitative estimate of drug-likeness (QED) is 0.826. The number of carbonyl (C=O) groups excluding carboxylic acids is 2. The summed E-state index contributed by atoms with van der Waals surface area (Å²) < 4.78 is 0. The molecule has 1 aliphatic carbocycles. The fraction of sp³-hybridized carbons (Fsp3) is 0.467. The number of nitrogens with one attached hydrogen (secondary N) is 2. The van der Waals surface area contributed by atoms with Crippen LogP contribution in [0.15, 0.2) is 18.2 Å². The largest absolute Gasteiger partial charge is 0.353 e.